The lowest BCUT2D eigenvalue weighted by molar-refractivity contribution is 0.0697. The molecule has 0 heterocycles. The molecule has 2 amide bonds. The van der Waals surface area contributed by atoms with Gasteiger partial charge in [-0.05, 0) is 25.0 Å². The molecule has 1 aliphatic carbocycles. The molecule has 0 saturated heterocycles. The first-order chi connectivity index (χ1) is 9.56. The van der Waals surface area contributed by atoms with Gasteiger partial charge in [-0.3, -0.25) is 4.90 Å². The monoisotopic (exact) mass is 278 g/mol. The molecule has 0 radical (unpaired) electrons. The topological polar surface area (TPSA) is 81.1 Å². The molecule has 1 fully saturated rings. The number of aromatic carboxylic acids is 1. The molecule has 6 heteroatoms. The molecule has 6 nitrogen and oxygen atoms in total. The number of para-hydroxylation sites is 1. The number of aliphatic hydroxyl groups is 1. The summed E-state index contributed by atoms with van der Waals surface area (Å²) < 4.78 is 0. The van der Waals surface area contributed by atoms with Gasteiger partial charge in [0.1, 0.15) is 0 Å². The third kappa shape index (κ3) is 2.91. The van der Waals surface area contributed by atoms with E-state index in [9.17, 15) is 9.59 Å². The zero-order valence-corrected chi connectivity index (χ0v) is 11.3. The number of urea groups is 1. The smallest absolute Gasteiger partial charge is 0.337 e. The van der Waals surface area contributed by atoms with Crippen LogP contribution in [0.3, 0.4) is 0 Å². The van der Waals surface area contributed by atoms with Crippen molar-refractivity contribution in [2.45, 2.75) is 18.9 Å². The number of aliphatic hydroxyl groups excluding tert-OH is 1. The van der Waals surface area contributed by atoms with Crippen molar-refractivity contribution in [2.75, 3.05) is 25.1 Å². The number of carboxylic acids is 1. The third-order valence-electron chi connectivity index (χ3n) is 3.36. The molecule has 0 spiro atoms. The van der Waals surface area contributed by atoms with Crippen molar-refractivity contribution in [3.8, 4) is 0 Å². The van der Waals surface area contributed by atoms with Crippen molar-refractivity contribution in [3.63, 3.8) is 0 Å². The van der Waals surface area contributed by atoms with Crippen LogP contribution in [0.4, 0.5) is 10.5 Å². The van der Waals surface area contributed by atoms with Gasteiger partial charge < -0.3 is 15.1 Å². The van der Waals surface area contributed by atoms with Gasteiger partial charge in [-0.2, -0.15) is 0 Å². The minimum absolute atomic E-state index is 0.0862. The van der Waals surface area contributed by atoms with E-state index in [1.165, 1.54) is 11.0 Å². The lowest BCUT2D eigenvalue weighted by Gasteiger charge is -2.28. The summed E-state index contributed by atoms with van der Waals surface area (Å²) in [4.78, 5) is 26.6. The number of nitrogens with zero attached hydrogens (tertiary/aromatic N) is 2. The largest absolute Gasteiger partial charge is 0.478 e. The van der Waals surface area contributed by atoms with E-state index in [0.717, 1.165) is 12.8 Å². The van der Waals surface area contributed by atoms with Crippen LogP contribution in [0.5, 0.6) is 0 Å². The van der Waals surface area contributed by atoms with Gasteiger partial charge >= 0.3 is 12.0 Å². The Morgan fingerprint density at radius 2 is 1.95 bits per heavy atom. The van der Waals surface area contributed by atoms with Crippen molar-refractivity contribution in [2.24, 2.45) is 0 Å². The van der Waals surface area contributed by atoms with Crippen LogP contribution >= 0.6 is 0 Å². The number of amides is 2. The van der Waals surface area contributed by atoms with Crippen molar-refractivity contribution in [1.82, 2.24) is 4.90 Å². The summed E-state index contributed by atoms with van der Waals surface area (Å²) in [5.41, 5.74) is 0.441. The van der Waals surface area contributed by atoms with Gasteiger partial charge in [-0.15, -0.1) is 0 Å². The highest BCUT2D eigenvalue weighted by molar-refractivity contribution is 6.01. The SMILES string of the molecule is CN(C(=O)N(CCO)C1CC1)c1ccccc1C(=O)O. The van der Waals surface area contributed by atoms with E-state index in [4.69, 9.17) is 10.2 Å². The van der Waals surface area contributed by atoms with Crippen LogP contribution in [0, 0.1) is 0 Å². The van der Waals surface area contributed by atoms with Crippen LogP contribution < -0.4 is 4.90 Å². The first kappa shape index (κ1) is 14.3. The van der Waals surface area contributed by atoms with Crippen molar-refractivity contribution < 1.29 is 19.8 Å². The van der Waals surface area contributed by atoms with Gasteiger partial charge in [0.25, 0.3) is 0 Å². The molecular weight excluding hydrogens is 260 g/mol. The molecule has 20 heavy (non-hydrogen) atoms. The van der Waals surface area contributed by atoms with Crippen LogP contribution in [0.2, 0.25) is 0 Å². The molecule has 108 valence electrons. The minimum Gasteiger partial charge on any atom is -0.478 e. The van der Waals surface area contributed by atoms with Gasteiger partial charge in [0.05, 0.1) is 17.9 Å². The maximum Gasteiger partial charge on any atom is 0.337 e. The number of anilines is 1. The van der Waals surface area contributed by atoms with Gasteiger partial charge in [0.15, 0.2) is 0 Å². The predicted molar refractivity (Wildman–Crippen MR) is 74.0 cm³/mol. The molecule has 1 aromatic carbocycles. The van der Waals surface area contributed by atoms with Gasteiger partial charge in [0.2, 0.25) is 0 Å². The summed E-state index contributed by atoms with van der Waals surface area (Å²) in [6.07, 6.45) is 1.86. The Morgan fingerprint density at radius 3 is 2.50 bits per heavy atom. The lowest BCUT2D eigenvalue weighted by atomic mass is 10.1. The molecule has 1 aliphatic rings. The first-order valence-corrected chi connectivity index (χ1v) is 6.53. The average molecular weight is 278 g/mol. The van der Waals surface area contributed by atoms with E-state index in [-0.39, 0.29) is 30.8 Å². The first-order valence-electron chi connectivity index (χ1n) is 6.53. The normalized spacial score (nSPS) is 13.9. The average Bonchev–Trinajstić information content (AvgIpc) is 3.27. The number of carboxylic acid groups (broad SMARTS) is 1. The van der Waals surface area contributed by atoms with Gasteiger partial charge in [-0.25, -0.2) is 9.59 Å². The van der Waals surface area contributed by atoms with Crippen molar-refractivity contribution in [3.05, 3.63) is 29.8 Å². The van der Waals surface area contributed by atoms with E-state index in [1.807, 2.05) is 0 Å². The highest BCUT2D eigenvalue weighted by Gasteiger charge is 2.34. The van der Waals surface area contributed by atoms with Crippen LogP contribution in [0.1, 0.15) is 23.2 Å². The number of carbonyl (C=O) groups is 2. The predicted octanol–water partition coefficient (Wildman–Crippen LogP) is 1.40. The van der Waals surface area contributed by atoms with E-state index in [2.05, 4.69) is 0 Å². The highest BCUT2D eigenvalue weighted by Crippen LogP contribution is 2.29. The van der Waals surface area contributed by atoms with Crippen LogP contribution in [-0.2, 0) is 0 Å². The number of hydrogen-bond acceptors (Lipinski definition) is 3. The number of rotatable bonds is 5. The van der Waals surface area contributed by atoms with Crippen molar-refractivity contribution in [1.29, 1.82) is 0 Å². The standard InChI is InChI=1S/C14H18N2O4/c1-15(12-5-3-2-4-11(12)13(18)19)14(20)16(8-9-17)10-6-7-10/h2-5,10,17H,6-9H2,1H3,(H,18,19). The molecule has 0 aliphatic heterocycles. The summed E-state index contributed by atoms with van der Waals surface area (Å²) in [7, 11) is 1.55. The maximum atomic E-state index is 12.4. The zero-order valence-electron chi connectivity index (χ0n) is 11.3. The zero-order chi connectivity index (χ0) is 14.7. The number of carbonyl (C=O) groups excluding carboxylic acids is 1. The molecule has 0 bridgehead atoms. The third-order valence-corrected chi connectivity index (χ3v) is 3.36. The van der Waals surface area contributed by atoms with Crippen LogP contribution in [-0.4, -0.2) is 53.4 Å². The van der Waals surface area contributed by atoms with E-state index in [1.54, 1.807) is 30.1 Å². The second kappa shape index (κ2) is 5.92. The van der Waals surface area contributed by atoms with Crippen LogP contribution in [0.15, 0.2) is 24.3 Å². The molecule has 2 rings (SSSR count). The Morgan fingerprint density at radius 1 is 1.30 bits per heavy atom. The second-order valence-corrected chi connectivity index (χ2v) is 4.81. The van der Waals surface area contributed by atoms with E-state index >= 15 is 0 Å². The second-order valence-electron chi connectivity index (χ2n) is 4.81. The molecular formula is C14H18N2O4. The van der Waals surface area contributed by atoms with E-state index < -0.39 is 5.97 Å². The molecule has 0 unspecified atom stereocenters. The quantitative estimate of drug-likeness (QED) is 0.853. The molecule has 0 atom stereocenters. The summed E-state index contributed by atoms with van der Waals surface area (Å²) in [5, 5.41) is 18.2. The Bertz CT molecular complexity index is 514. The summed E-state index contributed by atoms with van der Waals surface area (Å²) >= 11 is 0. The summed E-state index contributed by atoms with van der Waals surface area (Å²) in [6.45, 7) is 0.166. The van der Waals surface area contributed by atoms with Crippen LogP contribution in [0.25, 0.3) is 0 Å². The fourth-order valence-corrected chi connectivity index (χ4v) is 2.17. The Hall–Kier alpha value is -2.08. The Kier molecular flexibility index (Phi) is 4.24. The Balaban J connectivity index is 2.23. The molecule has 1 saturated carbocycles. The number of hydrogen-bond donors (Lipinski definition) is 2. The fourth-order valence-electron chi connectivity index (χ4n) is 2.17. The van der Waals surface area contributed by atoms with Gasteiger partial charge in [0, 0.05) is 19.6 Å². The highest BCUT2D eigenvalue weighted by atomic mass is 16.4. The van der Waals surface area contributed by atoms with Crippen molar-refractivity contribution >= 4 is 17.7 Å². The summed E-state index contributed by atoms with van der Waals surface area (Å²) in [6, 6.07) is 6.26. The molecule has 1 aromatic rings. The Labute approximate surface area is 117 Å². The molecule has 0 aromatic heterocycles. The maximum absolute atomic E-state index is 12.4. The van der Waals surface area contributed by atoms with E-state index in [0.29, 0.717) is 5.69 Å². The minimum atomic E-state index is -1.07. The number of benzene rings is 1. The lowest BCUT2D eigenvalue weighted by Crippen LogP contribution is -2.44. The van der Waals surface area contributed by atoms with Gasteiger partial charge in [-0.1, -0.05) is 12.1 Å². The molecule has 2 N–H and O–H groups in total. The summed E-state index contributed by atoms with van der Waals surface area (Å²) in [5.74, 6) is -1.07. The fraction of sp³-hybridized carbons (Fsp3) is 0.429.